The molecule has 0 N–H and O–H groups in total. The predicted octanol–water partition coefficient (Wildman–Crippen LogP) is 2.71. The number of Topliss-reactive ketones (excluding diaryl/α,β-unsaturated/α-hetero) is 1. The van der Waals surface area contributed by atoms with Gasteiger partial charge in [-0.3, -0.25) is 4.79 Å². The highest BCUT2D eigenvalue weighted by Crippen LogP contribution is 2.11. The van der Waals surface area contributed by atoms with Gasteiger partial charge in [0.1, 0.15) is 0 Å². The average Bonchev–Trinajstić information content (AvgIpc) is 2.47. The Bertz CT molecular complexity index is 751. The van der Waals surface area contributed by atoms with Gasteiger partial charge < -0.3 is 0 Å². The first-order valence-corrected chi connectivity index (χ1v) is 8.23. The number of hydrogen-bond donors (Lipinski definition) is 0. The molecule has 0 heterocycles. The standard InChI is InChI=1S/C16H15NO3S/c1-21(19,20)17-15(13-8-4-2-5-9-13)12-16(18)14-10-6-3-7-11-14/h2-11H,12H2,1H3/b17-15-. The molecule has 0 saturated heterocycles. The van der Waals surface area contributed by atoms with E-state index in [0.29, 0.717) is 11.1 Å². The molecule has 2 aromatic carbocycles. The molecule has 2 rings (SSSR count). The Morgan fingerprint density at radius 3 is 1.86 bits per heavy atom. The van der Waals surface area contributed by atoms with E-state index in [2.05, 4.69) is 4.40 Å². The molecule has 5 heteroatoms. The van der Waals surface area contributed by atoms with E-state index in [0.717, 1.165) is 6.26 Å². The first-order valence-electron chi connectivity index (χ1n) is 6.38. The molecule has 4 nitrogen and oxygen atoms in total. The van der Waals surface area contributed by atoms with Gasteiger partial charge in [0.2, 0.25) is 10.0 Å². The van der Waals surface area contributed by atoms with E-state index in [9.17, 15) is 13.2 Å². The van der Waals surface area contributed by atoms with Crippen molar-refractivity contribution in [3.63, 3.8) is 0 Å². The van der Waals surface area contributed by atoms with Gasteiger partial charge in [0, 0.05) is 5.56 Å². The largest absolute Gasteiger partial charge is 0.294 e. The van der Waals surface area contributed by atoms with Crippen LogP contribution < -0.4 is 0 Å². The van der Waals surface area contributed by atoms with Gasteiger partial charge in [0.25, 0.3) is 0 Å². The molecule has 0 fully saturated rings. The third kappa shape index (κ3) is 4.65. The molecule has 0 spiro atoms. The third-order valence-electron chi connectivity index (χ3n) is 2.81. The number of rotatable bonds is 5. The molecule has 108 valence electrons. The first-order chi connectivity index (χ1) is 9.96. The average molecular weight is 301 g/mol. The van der Waals surface area contributed by atoms with E-state index in [1.54, 1.807) is 48.5 Å². The van der Waals surface area contributed by atoms with E-state index in [1.807, 2.05) is 12.1 Å². The number of hydrogen-bond acceptors (Lipinski definition) is 3. The SMILES string of the molecule is CS(=O)(=O)/N=C(/CC(=O)c1ccccc1)c1ccccc1. The van der Waals surface area contributed by atoms with Gasteiger partial charge in [-0.25, -0.2) is 8.42 Å². The van der Waals surface area contributed by atoms with Crippen LogP contribution in [0.2, 0.25) is 0 Å². The Morgan fingerprint density at radius 1 is 0.905 bits per heavy atom. The second-order valence-corrected chi connectivity index (χ2v) is 6.25. The highest BCUT2D eigenvalue weighted by Gasteiger charge is 2.14. The van der Waals surface area contributed by atoms with Gasteiger partial charge in [-0.15, -0.1) is 0 Å². The van der Waals surface area contributed by atoms with Crippen LogP contribution in [0.5, 0.6) is 0 Å². The van der Waals surface area contributed by atoms with Crippen molar-refractivity contribution in [2.45, 2.75) is 6.42 Å². The quantitative estimate of drug-likeness (QED) is 0.630. The van der Waals surface area contributed by atoms with Crippen LogP contribution in [0.15, 0.2) is 65.1 Å². The number of carbonyl (C=O) groups excluding carboxylic acids is 1. The van der Waals surface area contributed by atoms with Crippen LogP contribution in [0.25, 0.3) is 0 Å². The summed E-state index contributed by atoms with van der Waals surface area (Å²) in [6.07, 6.45) is 0.962. The minimum Gasteiger partial charge on any atom is -0.294 e. The van der Waals surface area contributed by atoms with Crippen molar-refractivity contribution >= 4 is 21.5 Å². The van der Waals surface area contributed by atoms with Gasteiger partial charge in [0.15, 0.2) is 5.78 Å². The maximum absolute atomic E-state index is 12.2. The summed E-state index contributed by atoms with van der Waals surface area (Å²) in [5.74, 6) is -0.165. The maximum atomic E-state index is 12.2. The maximum Gasteiger partial charge on any atom is 0.250 e. The monoisotopic (exact) mass is 301 g/mol. The lowest BCUT2D eigenvalue weighted by molar-refractivity contribution is 0.100. The van der Waals surface area contributed by atoms with Crippen LogP contribution in [0.1, 0.15) is 22.3 Å². The number of sulfonamides is 1. The van der Waals surface area contributed by atoms with E-state index in [-0.39, 0.29) is 17.9 Å². The van der Waals surface area contributed by atoms with E-state index >= 15 is 0 Å². The normalized spacial score (nSPS) is 12.1. The zero-order valence-electron chi connectivity index (χ0n) is 11.6. The fourth-order valence-electron chi connectivity index (χ4n) is 1.90. The molecule has 0 aromatic heterocycles. The van der Waals surface area contributed by atoms with Gasteiger partial charge in [0.05, 0.1) is 18.4 Å². The summed E-state index contributed by atoms with van der Waals surface area (Å²) in [6.45, 7) is 0. The smallest absolute Gasteiger partial charge is 0.250 e. The van der Waals surface area contributed by atoms with Gasteiger partial charge in [-0.05, 0) is 5.56 Å². The molecule has 21 heavy (non-hydrogen) atoms. The van der Waals surface area contributed by atoms with Crippen LogP contribution in [0, 0.1) is 0 Å². The van der Waals surface area contributed by atoms with Crippen molar-refractivity contribution in [2.75, 3.05) is 6.26 Å². The highest BCUT2D eigenvalue weighted by atomic mass is 32.2. The van der Waals surface area contributed by atoms with Crippen molar-refractivity contribution in [1.29, 1.82) is 0 Å². The number of nitrogens with zero attached hydrogens (tertiary/aromatic N) is 1. The molecular formula is C16H15NO3S. The molecule has 0 bridgehead atoms. The van der Waals surface area contributed by atoms with Gasteiger partial charge in [-0.2, -0.15) is 4.40 Å². The topological polar surface area (TPSA) is 63.6 Å². The van der Waals surface area contributed by atoms with Crippen molar-refractivity contribution < 1.29 is 13.2 Å². The molecule has 2 aromatic rings. The summed E-state index contributed by atoms with van der Waals surface area (Å²) in [7, 11) is -3.56. The molecule has 0 amide bonds. The molecule has 0 aliphatic rings. The molecule has 0 radical (unpaired) electrons. The van der Waals surface area contributed by atoms with Crippen LogP contribution in [0.3, 0.4) is 0 Å². The van der Waals surface area contributed by atoms with Crippen molar-refractivity contribution in [3.8, 4) is 0 Å². The molecule has 0 saturated carbocycles. The van der Waals surface area contributed by atoms with Crippen LogP contribution >= 0.6 is 0 Å². The van der Waals surface area contributed by atoms with Crippen LogP contribution in [-0.4, -0.2) is 26.2 Å². The van der Waals surface area contributed by atoms with E-state index < -0.39 is 10.0 Å². The lowest BCUT2D eigenvalue weighted by Gasteiger charge is -2.06. The lowest BCUT2D eigenvalue weighted by atomic mass is 10.0. The minimum atomic E-state index is -3.56. The number of ketones is 1. The summed E-state index contributed by atoms with van der Waals surface area (Å²) >= 11 is 0. The van der Waals surface area contributed by atoms with Gasteiger partial charge in [-0.1, -0.05) is 60.7 Å². The van der Waals surface area contributed by atoms with E-state index in [1.165, 1.54) is 0 Å². The highest BCUT2D eigenvalue weighted by molar-refractivity contribution is 7.89. The molecule has 0 aliphatic carbocycles. The Hall–Kier alpha value is -2.27. The van der Waals surface area contributed by atoms with Crippen LogP contribution in [-0.2, 0) is 10.0 Å². The Kier molecular flexibility index (Phi) is 4.65. The Morgan fingerprint density at radius 2 is 1.38 bits per heavy atom. The van der Waals surface area contributed by atoms with Gasteiger partial charge >= 0.3 is 0 Å². The van der Waals surface area contributed by atoms with Crippen molar-refractivity contribution in [1.82, 2.24) is 0 Å². The fraction of sp³-hybridized carbons (Fsp3) is 0.125. The number of carbonyl (C=O) groups is 1. The summed E-state index contributed by atoms with van der Waals surface area (Å²) in [6, 6.07) is 17.6. The fourth-order valence-corrected chi connectivity index (χ4v) is 2.47. The summed E-state index contributed by atoms with van der Waals surface area (Å²) in [5, 5.41) is 0. The minimum absolute atomic E-state index is 0.0545. The molecule has 0 atom stereocenters. The Balaban J connectivity index is 2.34. The zero-order valence-corrected chi connectivity index (χ0v) is 12.4. The number of benzene rings is 2. The predicted molar refractivity (Wildman–Crippen MR) is 83.2 cm³/mol. The first kappa shape index (κ1) is 15.1. The lowest BCUT2D eigenvalue weighted by Crippen LogP contribution is -2.12. The van der Waals surface area contributed by atoms with Crippen molar-refractivity contribution in [2.24, 2.45) is 4.40 Å². The summed E-state index contributed by atoms with van der Waals surface area (Å²) in [5.41, 5.74) is 1.42. The molecule has 0 aliphatic heterocycles. The van der Waals surface area contributed by atoms with E-state index in [4.69, 9.17) is 0 Å². The summed E-state index contributed by atoms with van der Waals surface area (Å²) < 4.78 is 26.6. The summed E-state index contributed by atoms with van der Waals surface area (Å²) in [4.78, 5) is 12.2. The Labute approximate surface area is 124 Å². The molecular weight excluding hydrogens is 286 g/mol. The molecule has 0 unspecified atom stereocenters. The van der Waals surface area contributed by atoms with Crippen LogP contribution in [0.4, 0.5) is 0 Å². The third-order valence-corrected chi connectivity index (χ3v) is 3.36. The zero-order chi connectivity index (χ0) is 15.3. The second-order valence-electron chi connectivity index (χ2n) is 4.60. The van der Waals surface area contributed by atoms with Crippen molar-refractivity contribution in [3.05, 3.63) is 71.8 Å². The second kappa shape index (κ2) is 6.45.